The summed E-state index contributed by atoms with van der Waals surface area (Å²) in [7, 11) is 0. The molecule has 1 saturated heterocycles. The van der Waals surface area contributed by atoms with Gasteiger partial charge in [-0.25, -0.2) is 4.68 Å². The van der Waals surface area contributed by atoms with E-state index in [1.807, 2.05) is 29.1 Å². The number of likely N-dealkylation sites (tertiary alicyclic amines) is 1. The van der Waals surface area contributed by atoms with Crippen LogP contribution in [0.1, 0.15) is 34.9 Å². The SMILES string of the molecule is O=C(Nc1ccnn1C1CCN(Cc2ccccn2)CC1)c1ccc2c(c1)OCO2. The molecule has 0 atom stereocenters. The number of nitrogens with zero attached hydrogens (tertiary/aromatic N) is 4. The molecule has 2 aliphatic rings. The smallest absolute Gasteiger partial charge is 0.256 e. The van der Waals surface area contributed by atoms with Gasteiger partial charge in [-0.3, -0.25) is 14.7 Å². The molecule has 8 heteroatoms. The molecular weight excluding hydrogens is 382 g/mol. The molecule has 1 amide bonds. The molecule has 0 aliphatic carbocycles. The quantitative estimate of drug-likeness (QED) is 0.703. The van der Waals surface area contributed by atoms with Gasteiger partial charge < -0.3 is 14.8 Å². The lowest BCUT2D eigenvalue weighted by Crippen LogP contribution is -2.35. The summed E-state index contributed by atoms with van der Waals surface area (Å²) in [6.45, 7) is 2.99. The van der Waals surface area contributed by atoms with E-state index in [1.165, 1.54) is 0 Å². The summed E-state index contributed by atoms with van der Waals surface area (Å²) in [6.07, 6.45) is 5.51. The Balaban J connectivity index is 1.22. The molecule has 4 heterocycles. The van der Waals surface area contributed by atoms with Crippen LogP contribution in [-0.2, 0) is 6.54 Å². The summed E-state index contributed by atoms with van der Waals surface area (Å²) in [4.78, 5) is 19.6. The molecule has 8 nitrogen and oxygen atoms in total. The Hall–Kier alpha value is -3.39. The van der Waals surface area contributed by atoms with Crippen LogP contribution in [0.15, 0.2) is 54.9 Å². The van der Waals surface area contributed by atoms with Gasteiger partial charge in [0.15, 0.2) is 11.5 Å². The van der Waals surface area contributed by atoms with Crippen LogP contribution in [0.3, 0.4) is 0 Å². The zero-order valence-electron chi connectivity index (χ0n) is 16.5. The van der Waals surface area contributed by atoms with E-state index in [-0.39, 0.29) is 18.7 Å². The van der Waals surface area contributed by atoms with Crippen molar-refractivity contribution < 1.29 is 14.3 Å². The molecule has 1 N–H and O–H groups in total. The highest BCUT2D eigenvalue weighted by atomic mass is 16.7. The minimum Gasteiger partial charge on any atom is -0.454 e. The number of anilines is 1. The van der Waals surface area contributed by atoms with Crippen molar-refractivity contribution in [2.75, 3.05) is 25.2 Å². The van der Waals surface area contributed by atoms with Crippen LogP contribution in [-0.4, -0.2) is 45.5 Å². The van der Waals surface area contributed by atoms with Crippen LogP contribution in [0.5, 0.6) is 11.5 Å². The molecule has 0 unspecified atom stereocenters. The summed E-state index contributed by atoms with van der Waals surface area (Å²) < 4.78 is 12.6. The first-order chi connectivity index (χ1) is 14.8. The van der Waals surface area contributed by atoms with Gasteiger partial charge in [-0.05, 0) is 43.2 Å². The molecule has 0 saturated carbocycles. The van der Waals surface area contributed by atoms with Crippen LogP contribution in [0.25, 0.3) is 0 Å². The topological polar surface area (TPSA) is 81.5 Å². The second kappa shape index (κ2) is 8.16. The number of carbonyl (C=O) groups excluding carboxylic acids is 1. The van der Waals surface area contributed by atoms with Gasteiger partial charge in [0.05, 0.1) is 17.9 Å². The third kappa shape index (κ3) is 3.86. The largest absolute Gasteiger partial charge is 0.454 e. The number of aromatic nitrogens is 3. The Kier molecular flexibility index (Phi) is 5.06. The summed E-state index contributed by atoms with van der Waals surface area (Å²) in [5.41, 5.74) is 1.61. The van der Waals surface area contributed by atoms with Crippen molar-refractivity contribution in [2.45, 2.75) is 25.4 Å². The number of benzene rings is 1. The molecule has 3 aromatic rings. The number of ether oxygens (including phenoxy) is 2. The minimum atomic E-state index is -0.192. The lowest BCUT2D eigenvalue weighted by atomic mass is 10.0. The van der Waals surface area contributed by atoms with Crippen molar-refractivity contribution in [1.82, 2.24) is 19.7 Å². The molecule has 5 rings (SSSR count). The van der Waals surface area contributed by atoms with Gasteiger partial charge in [0, 0.05) is 37.5 Å². The number of rotatable bonds is 5. The Morgan fingerprint density at radius 1 is 1.07 bits per heavy atom. The first-order valence-corrected chi connectivity index (χ1v) is 10.1. The monoisotopic (exact) mass is 405 g/mol. The van der Waals surface area contributed by atoms with Crippen molar-refractivity contribution in [3.63, 3.8) is 0 Å². The molecule has 2 aliphatic heterocycles. The van der Waals surface area contributed by atoms with Gasteiger partial charge in [-0.1, -0.05) is 6.07 Å². The molecule has 1 aromatic carbocycles. The number of pyridine rings is 1. The minimum absolute atomic E-state index is 0.187. The number of hydrogen-bond donors (Lipinski definition) is 1. The van der Waals surface area contributed by atoms with E-state index in [1.54, 1.807) is 24.4 Å². The molecule has 0 bridgehead atoms. The summed E-state index contributed by atoms with van der Waals surface area (Å²) in [5.74, 6) is 1.77. The normalized spacial score (nSPS) is 16.5. The molecule has 2 aromatic heterocycles. The van der Waals surface area contributed by atoms with Gasteiger partial charge in [0.2, 0.25) is 6.79 Å². The maximum Gasteiger partial charge on any atom is 0.256 e. The molecule has 30 heavy (non-hydrogen) atoms. The second-order valence-electron chi connectivity index (χ2n) is 7.51. The summed E-state index contributed by atoms with van der Waals surface area (Å²) in [6, 6.07) is 13.3. The van der Waals surface area contributed by atoms with Crippen LogP contribution >= 0.6 is 0 Å². The fraction of sp³-hybridized carbons (Fsp3) is 0.318. The van der Waals surface area contributed by atoms with Crippen LogP contribution in [0.2, 0.25) is 0 Å². The highest BCUT2D eigenvalue weighted by Gasteiger charge is 2.24. The van der Waals surface area contributed by atoms with Gasteiger partial charge in [-0.2, -0.15) is 5.10 Å². The molecular formula is C22H23N5O3. The molecule has 154 valence electrons. The lowest BCUT2D eigenvalue weighted by molar-refractivity contribution is 0.102. The third-order valence-electron chi connectivity index (χ3n) is 5.56. The Bertz CT molecular complexity index is 1030. The van der Waals surface area contributed by atoms with E-state index >= 15 is 0 Å². The zero-order valence-corrected chi connectivity index (χ0v) is 16.5. The van der Waals surface area contributed by atoms with E-state index in [0.29, 0.717) is 22.9 Å². The number of nitrogens with one attached hydrogen (secondary N) is 1. The van der Waals surface area contributed by atoms with E-state index in [2.05, 4.69) is 26.4 Å². The fourth-order valence-corrected chi connectivity index (χ4v) is 3.97. The molecule has 0 radical (unpaired) electrons. The summed E-state index contributed by atoms with van der Waals surface area (Å²) in [5, 5.41) is 7.47. The van der Waals surface area contributed by atoms with Crippen LogP contribution < -0.4 is 14.8 Å². The Morgan fingerprint density at radius 2 is 1.93 bits per heavy atom. The lowest BCUT2D eigenvalue weighted by Gasteiger charge is -2.32. The Morgan fingerprint density at radius 3 is 2.77 bits per heavy atom. The van der Waals surface area contributed by atoms with Crippen LogP contribution in [0.4, 0.5) is 5.82 Å². The van der Waals surface area contributed by atoms with E-state index < -0.39 is 0 Å². The average Bonchev–Trinajstić information content (AvgIpc) is 3.44. The van der Waals surface area contributed by atoms with Gasteiger partial charge in [-0.15, -0.1) is 0 Å². The van der Waals surface area contributed by atoms with E-state index in [4.69, 9.17) is 9.47 Å². The number of fused-ring (bicyclic) bond motifs is 1. The summed E-state index contributed by atoms with van der Waals surface area (Å²) >= 11 is 0. The molecule has 0 spiro atoms. The molecule has 1 fully saturated rings. The maximum atomic E-state index is 12.7. The predicted molar refractivity (Wildman–Crippen MR) is 111 cm³/mol. The maximum absolute atomic E-state index is 12.7. The predicted octanol–water partition coefficient (Wildman–Crippen LogP) is 3.10. The number of hydrogen-bond acceptors (Lipinski definition) is 6. The fourth-order valence-electron chi connectivity index (χ4n) is 3.97. The van der Waals surface area contributed by atoms with Crippen molar-refractivity contribution in [2.24, 2.45) is 0 Å². The number of amides is 1. The Labute approximate surface area is 174 Å². The van der Waals surface area contributed by atoms with Crippen molar-refractivity contribution in [3.8, 4) is 11.5 Å². The van der Waals surface area contributed by atoms with Gasteiger partial charge in [0.1, 0.15) is 5.82 Å². The van der Waals surface area contributed by atoms with E-state index in [0.717, 1.165) is 38.2 Å². The first-order valence-electron chi connectivity index (χ1n) is 10.1. The highest BCUT2D eigenvalue weighted by Crippen LogP contribution is 2.33. The number of piperidine rings is 1. The van der Waals surface area contributed by atoms with Crippen molar-refractivity contribution >= 4 is 11.7 Å². The van der Waals surface area contributed by atoms with Crippen molar-refractivity contribution in [3.05, 3.63) is 66.1 Å². The average molecular weight is 405 g/mol. The standard InChI is InChI=1S/C22H23N5O3/c28-22(16-4-5-19-20(13-16)30-15-29-19)25-21-6-10-24-27(21)18-7-11-26(12-8-18)14-17-3-1-2-9-23-17/h1-6,9-10,13,18H,7-8,11-12,14-15H2,(H,25,28). The van der Waals surface area contributed by atoms with E-state index in [9.17, 15) is 4.79 Å². The number of carbonyl (C=O) groups is 1. The first kappa shape index (κ1) is 18.6. The van der Waals surface area contributed by atoms with Gasteiger partial charge in [0.25, 0.3) is 5.91 Å². The highest BCUT2D eigenvalue weighted by molar-refractivity contribution is 6.04. The third-order valence-corrected chi connectivity index (χ3v) is 5.56. The van der Waals surface area contributed by atoms with Crippen molar-refractivity contribution in [1.29, 1.82) is 0 Å². The zero-order chi connectivity index (χ0) is 20.3. The second-order valence-corrected chi connectivity index (χ2v) is 7.51. The van der Waals surface area contributed by atoms with Crippen LogP contribution in [0, 0.1) is 0 Å². The van der Waals surface area contributed by atoms with Gasteiger partial charge >= 0.3 is 0 Å².